The van der Waals surface area contributed by atoms with Crippen LogP contribution in [0.15, 0.2) is 48.5 Å². The second-order valence-corrected chi connectivity index (χ2v) is 12.8. The number of carbonyl (C=O) groups is 1. The molecule has 0 aliphatic rings. The molecule has 1 unspecified atom stereocenters. The lowest BCUT2D eigenvalue weighted by atomic mass is 9.80. The van der Waals surface area contributed by atoms with E-state index in [1.54, 1.807) is 7.11 Å². The van der Waals surface area contributed by atoms with Crippen molar-refractivity contribution in [2.24, 2.45) is 0 Å². The van der Waals surface area contributed by atoms with Crippen molar-refractivity contribution in [1.82, 2.24) is 0 Å². The predicted octanol–water partition coefficient (Wildman–Crippen LogP) is 4.89. The zero-order valence-corrected chi connectivity index (χ0v) is 18.2. The number of rotatable bonds is 7. The van der Waals surface area contributed by atoms with Gasteiger partial charge in [-0.2, -0.15) is 0 Å². The average Bonchev–Trinajstić information content (AvgIpc) is 2.64. The normalized spacial score (nSPS) is 13.0. The fraction of sp³-hybridized carbons (Fsp3) is 0.348. The van der Waals surface area contributed by atoms with Crippen molar-refractivity contribution in [3.05, 3.63) is 59.7 Å². The van der Waals surface area contributed by atoms with Gasteiger partial charge in [-0.1, -0.05) is 49.8 Å². The van der Waals surface area contributed by atoms with Gasteiger partial charge in [0.2, 0.25) is 0 Å². The summed E-state index contributed by atoms with van der Waals surface area (Å²) in [5, 5.41) is 9.35. The molecule has 0 bridgehead atoms. The molecule has 148 valence electrons. The largest absolute Gasteiger partial charge is 0.497 e. The van der Waals surface area contributed by atoms with Gasteiger partial charge in [-0.05, 0) is 42.3 Å². The highest BCUT2D eigenvalue weighted by molar-refractivity contribution is 6.83. The minimum atomic E-state index is -1.61. The third-order valence-corrected chi connectivity index (χ3v) is 5.15. The van der Waals surface area contributed by atoms with Gasteiger partial charge in [0, 0.05) is 0 Å². The summed E-state index contributed by atoms with van der Waals surface area (Å²) in [4.78, 5) is 11.4. The van der Waals surface area contributed by atoms with Crippen molar-refractivity contribution in [2.45, 2.75) is 45.0 Å². The maximum absolute atomic E-state index is 11.4. The van der Waals surface area contributed by atoms with Crippen LogP contribution >= 0.6 is 0 Å². The molecule has 0 fully saturated rings. The molecule has 0 radical (unpaired) electrons. The molecule has 0 aromatic heterocycles. The van der Waals surface area contributed by atoms with Gasteiger partial charge in [0.05, 0.1) is 18.9 Å². The molecule has 1 N–H and O–H groups in total. The van der Waals surface area contributed by atoms with E-state index in [-0.39, 0.29) is 6.42 Å². The summed E-state index contributed by atoms with van der Waals surface area (Å²) in [6, 6.07) is 15.3. The van der Waals surface area contributed by atoms with Crippen molar-refractivity contribution in [3.8, 4) is 23.0 Å². The lowest BCUT2D eigenvalue weighted by Crippen LogP contribution is -2.26. The van der Waals surface area contributed by atoms with E-state index >= 15 is 0 Å². The van der Waals surface area contributed by atoms with Gasteiger partial charge in [0.25, 0.3) is 0 Å². The third-order valence-electron chi connectivity index (χ3n) is 4.27. The Balaban J connectivity index is 2.14. The molecule has 4 nitrogen and oxygen atoms in total. The van der Waals surface area contributed by atoms with E-state index in [2.05, 4.69) is 31.1 Å². The van der Waals surface area contributed by atoms with Crippen LogP contribution in [0.3, 0.4) is 0 Å². The highest BCUT2D eigenvalue weighted by Crippen LogP contribution is 2.29. The lowest BCUT2D eigenvalue weighted by molar-refractivity contribution is -0.137. The molecular weight excluding hydrogens is 368 g/mol. The SMILES string of the molecule is COc1ccc(COc2ccc(C(C)(C#C[Si](C)(C)C)CC(=O)O)cc2)cc1. The van der Waals surface area contributed by atoms with E-state index in [4.69, 9.17) is 9.47 Å². The smallest absolute Gasteiger partial charge is 0.305 e. The Hall–Kier alpha value is -2.71. The fourth-order valence-corrected chi connectivity index (χ4v) is 3.30. The number of ether oxygens (including phenoxy) is 2. The zero-order chi connectivity index (χ0) is 20.8. The van der Waals surface area contributed by atoms with Crippen LogP contribution in [0.25, 0.3) is 0 Å². The number of aliphatic carboxylic acids is 1. The molecule has 0 saturated carbocycles. The molecule has 0 aliphatic carbocycles. The van der Waals surface area contributed by atoms with Crippen LogP contribution in [0.4, 0.5) is 0 Å². The minimum Gasteiger partial charge on any atom is -0.497 e. The van der Waals surface area contributed by atoms with Crippen molar-refractivity contribution < 1.29 is 19.4 Å². The molecular formula is C23H28O4Si. The highest BCUT2D eigenvalue weighted by atomic mass is 28.3. The molecule has 1 atom stereocenters. The number of carboxylic acids is 1. The van der Waals surface area contributed by atoms with Gasteiger partial charge in [0.1, 0.15) is 26.2 Å². The molecule has 28 heavy (non-hydrogen) atoms. The Kier molecular flexibility index (Phi) is 6.93. The van der Waals surface area contributed by atoms with Crippen LogP contribution in [0.5, 0.6) is 11.5 Å². The average molecular weight is 397 g/mol. The van der Waals surface area contributed by atoms with Crippen LogP contribution in [0, 0.1) is 11.5 Å². The zero-order valence-electron chi connectivity index (χ0n) is 17.2. The van der Waals surface area contributed by atoms with Gasteiger partial charge in [-0.25, -0.2) is 0 Å². The van der Waals surface area contributed by atoms with Gasteiger partial charge < -0.3 is 14.6 Å². The van der Waals surface area contributed by atoms with Crippen LogP contribution < -0.4 is 9.47 Å². The standard InChI is InChI=1S/C23H28O4Si/c1-23(16-22(24)25,14-15-28(3,4)5)19-8-12-21(13-9-19)27-17-18-6-10-20(26-2)11-7-18/h6-13H,16-17H2,1-5H3,(H,24,25). The summed E-state index contributed by atoms with van der Waals surface area (Å²) in [6.07, 6.45) is -0.0312. The van der Waals surface area contributed by atoms with Crippen molar-refractivity contribution in [3.63, 3.8) is 0 Å². The Bertz CT molecular complexity index is 855. The predicted molar refractivity (Wildman–Crippen MR) is 114 cm³/mol. The van der Waals surface area contributed by atoms with Gasteiger partial charge >= 0.3 is 5.97 Å². The summed E-state index contributed by atoms with van der Waals surface area (Å²) in [6.45, 7) is 8.79. The molecule has 0 aliphatic heterocycles. The first-order chi connectivity index (χ1) is 13.1. The Labute approximate surface area is 168 Å². The first-order valence-corrected chi connectivity index (χ1v) is 12.7. The van der Waals surface area contributed by atoms with Crippen LogP contribution in [-0.4, -0.2) is 26.3 Å². The number of hydrogen-bond acceptors (Lipinski definition) is 3. The van der Waals surface area contributed by atoms with Gasteiger partial charge in [0.15, 0.2) is 0 Å². The third kappa shape index (κ3) is 6.47. The molecule has 5 heteroatoms. The number of methoxy groups -OCH3 is 1. The second kappa shape index (κ2) is 8.98. The van der Waals surface area contributed by atoms with Crippen molar-refractivity contribution in [2.75, 3.05) is 7.11 Å². The van der Waals surface area contributed by atoms with Crippen LogP contribution in [0.2, 0.25) is 19.6 Å². The second-order valence-electron chi connectivity index (χ2n) is 8.06. The first-order valence-electron chi connectivity index (χ1n) is 9.24. The van der Waals surface area contributed by atoms with E-state index in [1.165, 1.54) is 0 Å². The molecule has 0 saturated heterocycles. The fourth-order valence-electron chi connectivity index (χ4n) is 2.65. The minimum absolute atomic E-state index is 0.0312. The van der Waals surface area contributed by atoms with Gasteiger partial charge in [-0.3, -0.25) is 4.79 Å². The molecule has 2 aromatic rings. The van der Waals surface area contributed by atoms with Gasteiger partial charge in [-0.15, -0.1) is 5.54 Å². The quantitative estimate of drug-likeness (QED) is 0.535. The van der Waals surface area contributed by atoms with Crippen molar-refractivity contribution in [1.29, 1.82) is 0 Å². The number of benzene rings is 2. The Morgan fingerprint density at radius 1 is 1.04 bits per heavy atom. The molecule has 2 aromatic carbocycles. The first kappa shape index (κ1) is 21.6. The summed E-state index contributed by atoms with van der Waals surface area (Å²) in [5.41, 5.74) is 4.53. The summed E-state index contributed by atoms with van der Waals surface area (Å²) in [5.74, 6) is 3.94. The van der Waals surface area contributed by atoms with Crippen LogP contribution in [-0.2, 0) is 16.8 Å². The summed E-state index contributed by atoms with van der Waals surface area (Å²) < 4.78 is 11.0. The van der Waals surface area contributed by atoms with Crippen LogP contribution in [0.1, 0.15) is 24.5 Å². The topological polar surface area (TPSA) is 55.8 Å². The lowest BCUT2D eigenvalue weighted by Gasteiger charge is -2.23. The Morgan fingerprint density at radius 3 is 2.11 bits per heavy atom. The number of carboxylic acid groups (broad SMARTS) is 1. The van der Waals surface area contributed by atoms with E-state index in [9.17, 15) is 9.90 Å². The van der Waals surface area contributed by atoms with E-state index in [0.717, 1.165) is 22.6 Å². The maximum Gasteiger partial charge on any atom is 0.305 e. The highest BCUT2D eigenvalue weighted by Gasteiger charge is 2.28. The molecule has 0 spiro atoms. The molecule has 2 rings (SSSR count). The summed E-state index contributed by atoms with van der Waals surface area (Å²) >= 11 is 0. The van der Waals surface area contributed by atoms with Crippen molar-refractivity contribution >= 4 is 14.0 Å². The number of hydrogen-bond donors (Lipinski definition) is 1. The monoisotopic (exact) mass is 396 g/mol. The van der Waals surface area contributed by atoms with E-state index in [0.29, 0.717) is 6.61 Å². The van der Waals surface area contributed by atoms with E-state index < -0.39 is 19.5 Å². The summed E-state index contributed by atoms with van der Waals surface area (Å²) in [7, 11) is 0.0315. The molecule has 0 amide bonds. The molecule has 0 heterocycles. The Morgan fingerprint density at radius 2 is 1.61 bits per heavy atom. The maximum atomic E-state index is 11.4. The van der Waals surface area contributed by atoms with E-state index in [1.807, 2.05) is 55.5 Å².